The van der Waals surface area contributed by atoms with E-state index in [2.05, 4.69) is 10.6 Å². The zero-order valence-electron chi connectivity index (χ0n) is 12.7. The molecule has 0 unspecified atom stereocenters. The highest BCUT2D eigenvalue weighted by Crippen LogP contribution is 2.19. The lowest BCUT2D eigenvalue weighted by atomic mass is 10.2. The smallest absolute Gasteiger partial charge is 0.241 e. The fourth-order valence-electron chi connectivity index (χ4n) is 2.55. The number of nitrogens with one attached hydrogen (secondary N) is 2. The highest BCUT2D eigenvalue weighted by molar-refractivity contribution is 5.95. The number of hydrogen-bond donors (Lipinski definition) is 2. The molecular weight excluding hydrogens is 295 g/mol. The van der Waals surface area contributed by atoms with Crippen molar-refractivity contribution in [2.75, 3.05) is 11.9 Å². The minimum Gasteiger partial charge on any atom is -0.489 e. The summed E-state index contributed by atoms with van der Waals surface area (Å²) in [5.41, 5.74) is 1.59. The lowest BCUT2D eigenvalue weighted by Gasteiger charge is -2.12. The van der Waals surface area contributed by atoms with Crippen molar-refractivity contribution in [2.24, 2.45) is 0 Å². The molecule has 0 spiro atoms. The SMILES string of the molecule is O=C(Nc1cccc(OCc2ccc(F)cc2)c1)[C@H]1CCCN1. The molecule has 4 nitrogen and oxygen atoms in total. The maximum atomic E-state index is 12.9. The third kappa shape index (κ3) is 4.29. The molecule has 1 heterocycles. The molecule has 1 amide bonds. The topological polar surface area (TPSA) is 50.4 Å². The number of rotatable bonds is 5. The van der Waals surface area contributed by atoms with Crippen LogP contribution < -0.4 is 15.4 Å². The van der Waals surface area contributed by atoms with Gasteiger partial charge in [0.05, 0.1) is 6.04 Å². The van der Waals surface area contributed by atoms with E-state index in [1.165, 1.54) is 12.1 Å². The molecule has 3 rings (SSSR count). The molecule has 2 N–H and O–H groups in total. The van der Waals surface area contributed by atoms with Gasteiger partial charge in [0.2, 0.25) is 5.91 Å². The van der Waals surface area contributed by atoms with Gasteiger partial charge in [-0.3, -0.25) is 4.79 Å². The first-order valence-corrected chi connectivity index (χ1v) is 7.72. The molecular formula is C18H19FN2O2. The van der Waals surface area contributed by atoms with Crippen molar-refractivity contribution in [3.63, 3.8) is 0 Å². The highest BCUT2D eigenvalue weighted by atomic mass is 19.1. The summed E-state index contributed by atoms with van der Waals surface area (Å²) in [5, 5.41) is 6.07. The first kappa shape index (κ1) is 15.5. The summed E-state index contributed by atoms with van der Waals surface area (Å²) in [4.78, 5) is 12.1. The highest BCUT2D eigenvalue weighted by Gasteiger charge is 2.21. The minimum absolute atomic E-state index is 0.0156. The average molecular weight is 314 g/mol. The Hall–Kier alpha value is -2.40. The first-order chi connectivity index (χ1) is 11.2. The van der Waals surface area contributed by atoms with Crippen molar-refractivity contribution in [3.8, 4) is 5.75 Å². The lowest BCUT2D eigenvalue weighted by Crippen LogP contribution is -2.35. The molecule has 0 aromatic heterocycles. The number of halogens is 1. The Balaban J connectivity index is 1.58. The van der Waals surface area contributed by atoms with Gasteiger partial charge < -0.3 is 15.4 Å². The monoisotopic (exact) mass is 314 g/mol. The molecule has 2 aromatic rings. The molecule has 1 atom stereocenters. The summed E-state index contributed by atoms with van der Waals surface area (Å²) < 4.78 is 18.6. The molecule has 0 bridgehead atoms. The zero-order chi connectivity index (χ0) is 16.1. The second-order valence-electron chi connectivity index (χ2n) is 5.58. The number of hydrogen-bond acceptors (Lipinski definition) is 3. The van der Waals surface area contributed by atoms with Crippen LogP contribution in [0.25, 0.3) is 0 Å². The second-order valence-corrected chi connectivity index (χ2v) is 5.58. The fourth-order valence-corrected chi connectivity index (χ4v) is 2.55. The molecule has 0 radical (unpaired) electrons. The van der Waals surface area contributed by atoms with E-state index in [0.717, 1.165) is 24.9 Å². The standard InChI is InChI=1S/C18H19FN2O2/c19-14-8-6-13(7-9-14)12-23-16-4-1-3-15(11-16)21-18(22)17-5-2-10-20-17/h1,3-4,6-9,11,17,20H,2,5,10,12H2,(H,21,22)/t17-/m1/s1. The van der Waals surface area contributed by atoms with Crippen molar-refractivity contribution in [3.05, 3.63) is 59.9 Å². The quantitative estimate of drug-likeness (QED) is 0.891. The van der Waals surface area contributed by atoms with E-state index in [4.69, 9.17) is 4.74 Å². The number of benzene rings is 2. The summed E-state index contributed by atoms with van der Waals surface area (Å²) >= 11 is 0. The Kier molecular flexibility index (Phi) is 4.88. The van der Waals surface area contributed by atoms with Crippen molar-refractivity contribution >= 4 is 11.6 Å². The Bertz CT molecular complexity index is 667. The van der Waals surface area contributed by atoms with Gasteiger partial charge in [-0.05, 0) is 49.2 Å². The zero-order valence-corrected chi connectivity index (χ0v) is 12.7. The number of carbonyl (C=O) groups excluding carboxylic acids is 1. The van der Waals surface area contributed by atoms with Gasteiger partial charge in [0, 0.05) is 11.8 Å². The normalized spacial score (nSPS) is 17.0. The lowest BCUT2D eigenvalue weighted by molar-refractivity contribution is -0.117. The van der Waals surface area contributed by atoms with Gasteiger partial charge in [0.25, 0.3) is 0 Å². The molecule has 1 aliphatic rings. The maximum absolute atomic E-state index is 12.9. The Morgan fingerprint density at radius 2 is 2.09 bits per heavy atom. The Morgan fingerprint density at radius 3 is 2.83 bits per heavy atom. The fraction of sp³-hybridized carbons (Fsp3) is 0.278. The van der Waals surface area contributed by atoms with Gasteiger partial charge in [-0.2, -0.15) is 0 Å². The van der Waals surface area contributed by atoms with Crippen LogP contribution >= 0.6 is 0 Å². The third-order valence-electron chi connectivity index (χ3n) is 3.80. The van der Waals surface area contributed by atoms with Crippen molar-refractivity contribution in [2.45, 2.75) is 25.5 Å². The van der Waals surface area contributed by atoms with Gasteiger partial charge >= 0.3 is 0 Å². The summed E-state index contributed by atoms with van der Waals surface area (Å²) in [7, 11) is 0. The van der Waals surface area contributed by atoms with Crippen LogP contribution in [0.2, 0.25) is 0 Å². The Labute approximate surface area is 134 Å². The second kappa shape index (κ2) is 7.24. The largest absolute Gasteiger partial charge is 0.489 e. The molecule has 2 aromatic carbocycles. The van der Waals surface area contributed by atoms with E-state index in [1.807, 2.05) is 18.2 Å². The van der Waals surface area contributed by atoms with Crippen LogP contribution in [-0.4, -0.2) is 18.5 Å². The van der Waals surface area contributed by atoms with Crippen LogP contribution in [0, 0.1) is 5.82 Å². The van der Waals surface area contributed by atoms with Crippen molar-refractivity contribution in [1.82, 2.24) is 5.32 Å². The molecule has 1 saturated heterocycles. The molecule has 23 heavy (non-hydrogen) atoms. The molecule has 120 valence electrons. The molecule has 1 fully saturated rings. The van der Waals surface area contributed by atoms with Crippen LogP contribution in [0.15, 0.2) is 48.5 Å². The van der Waals surface area contributed by atoms with E-state index in [0.29, 0.717) is 18.0 Å². The molecule has 0 saturated carbocycles. The molecule has 5 heteroatoms. The van der Waals surface area contributed by atoms with Crippen molar-refractivity contribution < 1.29 is 13.9 Å². The van der Waals surface area contributed by atoms with Gasteiger partial charge in [-0.1, -0.05) is 18.2 Å². The van der Waals surface area contributed by atoms with Crippen LogP contribution in [0.1, 0.15) is 18.4 Å². The number of anilines is 1. The van der Waals surface area contributed by atoms with Gasteiger partial charge in [0.1, 0.15) is 18.2 Å². The van der Waals surface area contributed by atoms with E-state index < -0.39 is 0 Å². The Morgan fingerprint density at radius 1 is 1.26 bits per heavy atom. The summed E-state index contributed by atoms with van der Waals surface area (Å²) in [5.74, 6) is 0.378. The minimum atomic E-state index is -0.265. The third-order valence-corrected chi connectivity index (χ3v) is 3.80. The van der Waals surface area contributed by atoms with E-state index in [1.54, 1.807) is 18.2 Å². The predicted molar refractivity (Wildman–Crippen MR) is 86.8 cm³/mol. The predicted octanol–water partition coefficient (Wildman–Crippen LogP) is 3.10. The van der Waals surface area contributed by atoms with Crippen LogP contribution in [0.3, 0.4) is 0 Å². The van der Waals surface area contributed by atoms with E-state index in [-0.39, 0.29) is 17.8 Å². The van der Waals surface area contributed by atoms with Crippen LogP contribution in [0.4, 0.5) is 10.1 Å². The van der Waals surface area contributed by atoms with Crippen LogP contribution in [0.5, 0.6) is 5.75 Å². The van der Waals surface area contributed by atoms with Gasteiger partial charge in [-0.15, -0.1) is 0 Å². The molecule has 0 aliphatic carbocycles. The van der Waals surface area contributed by atoms with Crippen LogP contribution in [-0.2, 0) is 11.4 Å². The van der Waals surface area contributed by atoms with E-state index >= 15 is 0 Å². The number of ether oxygens (including phenoxy) is 1. The average Bonchev–Trinajstić information content (AvgIpc) is 3.09. The van der Waals surface area contributed by atoms with Crippen molar-refractivity contribution in [1.29, 1.82) is 0 Å². The summed E-state index contributed by atoms with van der Waals surface area (Å²) in [6, 6.07) is 13.4. The first-order valence-electron chi connectivity index (χ1n) is 7.72. The maximum Gasteiger partial charge on any atom is 0.241 e. The number of amides is 1. The molecule has 1 aliphatic heterocycles. The summed E-state index contributed by atoms with van der Waals surface area (Å²) in [6.45, 7) is 1.24. The van der Waals surface area contributed by atoms with Gasteiger partial charge in [0.15, 0.2) is 0 Å². The van der Waals surface area contributed by atoms with E-state index in [9.17, 15) is 9.18 Å². The summed E-state index contributed by atoms with van der Waals surface area (Å²) in [6.07, 6.45) is 1.89. The van der Waals surface area contributed by atoms with Gasteiger partial charge in [-0.25, -0.2) is 4.39 Å². The number of carbonyl (C=O) groups is 1.